The van der Waals surface area contributed by atoms with Gasteiger partial charge >= 0.3 is 5.97 Å². The molecule has 1 aliphatic carbocycles. The number of thioether (sulfide) groups is 1. The van der Waals surface area contributed by atoms with Crippen molar-refractivity contribution in [3.05, 3.63) is 35.9 Å². The summed E-state index contributed by atoms with van der Waals surface area (Å²) in [6, 6.07) is 9.47. The summed E-state index contributed by atoms with van der Waals surface area (Å²) in [6.45, 7) is 0.342. The van der Waals surface area contributed by atoms with Crippen molar-refractivity contribution in [2.24, 2.45) is 10.9 Å². The highest BCUT2D eigenvalue weighted by molar-refractivity contribution is 8.14. The Labute approximate surface area is 117 Å². The molecule has 1 aromatic carbocycles. The van der Waals surface area contributed by atoms with E-state index in [-0.39, 0.29) is 12.0 Å². The predicted octanol–water partition coefficient (Wildman–Crippen LogP) is 3.04. The van der Waals surface area contributed by atoms with E-state index in [0.29, 0.717) is 6.61 Å². The summed E-state index contributed by atoms with van der Waals surface area (Å²) in [6.07, 6.45) is 3.71. The van der Waals surface area contributed by atoms with Gasteiger partial charge in [0.1, 0.15) is 6.61 Å². The zero-order valence-corrected chi connectivity index (χ0v) is 11.6. The Hall–Kier alpha value is -1.29. The lowest BCUT2D eigenvalue weighted by atomic mass is 10.2. The summed E-state index contributed by atoms with van der Waals surface area (Å²) in [5.41, 5.74) is 1.02. The standard InChI is InChI=1S/C15H17NO2S/c17-15(18-9-12-4-2-1-3-5-12)13-10-19-14(16-13)8-11-6-7-11/h1-5,11,13H,6-10H2/t13-/m0/s1. The lowest BCUT2D eigenvalue weighted by Gasteiger charge is -2.07. The van der Waals surface area contributed by atoms with E-state index in [1.54, 1.807) is 11.8 Å². The lowest BCUT2D eigenvalue weighted by Crippen LogP contribution is -2.21. The van der Waals surface area contributed by atoms with Gasteiger partial charge in [-0.05, 0) is 30.7 Å². The fraction of sp³-hybridized carbons (Fsp3) is 0.467. The number of hydrogen-bond acceptors (Lipinski definition) is 4. The molecule has 4 heteroatoms. The van der Waals surface area contributed by atoms with Crippen LogP contribution in [-0.2, 0) is 16.1 Å². The first kappa shape index (κ1) is 12.7. The Kier molecular flexibility index (Phi) is 3.87. The van der Waals surface area contributed by atoms with Crippen LogP contribution < -0.4 is 0 Å². The van der Waals surface area contributed by atoms with Gasteiger partial charge in [0.15, 0.2) is 6.04 Å². The topological polar surface area (TPSA) is 38.7 Å². The van der Waals surface area contributed by atoms with Crippen molar-refractivity contribution < 1.29 is 9.53 Å². The predicted molar refractivity (Wildman–Crippen MR) is 77.3 cm³/mol. The summed E-state index contributed by atoms with van der Waals surface area (Å²) in [7, 11) is 0. The maximum Gasteiger partial charge on any atom is 0.332 e. The molecule has 0 aromatic heterocycles. The van der Waals surface area contributed by atoms with E-state index < -0.39 is 0 Å². The van der Waals surface area contributed by atoms with Crippen LogP contribution in [-0.4, -0.2) is 22.8 Å². The molecule has 0 spiro atoms. The van der Waals surface area contributed by atoms with Gasteiger partial charge in [-0.1, -0.05) is 30.3 Å². The second-order valence-corrected chi connectivity index (χ2v) is 6.18. The van der Waals surface area contributed by atoms with Crippen molar-refractivity contribution in [3.63, 3.8) is 0 Å². The average Bonchev–Trinajstić information content (AvgIpc) is 3.13. The van der Waals surface area contributed by atoms with Crippen LogP contribution in [0, 0.1) is 5.92 Å². The third-order valence-electron chi connectivity index (χ3n) is 3.36. The van der Waals surface area contributed by atoms with Gasteiger partial charge in [0.2, 0.25) is 0 Å². The number of rotatable bonds is 5. The van der Waals surface area contributed by atoms with Crippen molar-refractivity contribution in [1.29, 1.82) is 0 Å². The second kappa shape index (κ2) is 5.78. The number of esters is 1. The van der Waals surface area contributed by atoms with Crippen molar-refractivity contribution in [1.82, 2.24) is 0 Å². The molecule has 1 aromatic rings. The fourth-order valence-electron chi connectivity index (χ4n) is 2.05. The monoisotopic (exact) mass is 275 g/mol. The van der Waals surface area contributed by atoms with Crippen LogP contribution in [0.25, 0.3) is 0 Å². The molecule has 0 unspecified atom stereocenters. The minimum absolute atomic E-state index is 0.192. The zero-order chi connectivity index (χ0) is 13.1. The summed E-state index contributed by atoms with van der Waals surface area (Å²) in [5, 5.41) is 1.14. The van der Waals surface area contributed by atoms with Crippen LogP contribution in [0.5, 0.6) is 0 Å². The lowest BCUT2D eigenvalue weighted by molar-refractivity contribution is -0.145. The van der Waals surface area contributed by atoms with Gasteiger partial charge in [-0.2, -0.15) is 0 Å². The SMILES string of the molecule is O=C(OCc1ccccc1)[C@@H]1CSC(CC2CC2)=N1. The van der Waals surface area contributed by atoms with Crippen LogP contribution in [0.1, 0.15) is 24.8 Å². The van der Waals surface area contributed by atoms with E-state index in [9.17, 15) is 4.79 Å². The molecule has 1 saturated carbocycles. The van der Waals surface area contributed by atoms with Gasteiger partial charge < -0.3 is 4.74 Å². The molecule has 0 bridgehead atoms. The summed E-state index contributed by atoms with van der Waals surface area (Å²) < 4.78 is 5.32. The molecule has 19 heavy (non-hydrogen) atoms. The fourth-order valence-corrected chi connectivity index (χ4v) is 3.17. The Morgan fingerprint density at radius 1 is 1.32 bits per heavy atom. The van der Waals surface area contributed by atoms with Gasteiger partial charge in [-0.15, -0.1) is 11.8 Å². The first-order valence-electron chi connectivity index (χ1n) is 6.71. The van der Waals surface area contributed by atoms with E-state index in [1.165, 1.54) is 12.8 Å². The van der Waals surface area contributed by atoms with Gasteiger partial charge in [0.05, 0.1) is 5.04 Å². The molecule has 0 saturated heterocycles. The maximum atomic E-state index is 11.9. The van der Waals surface area contributed by atoms with Crippen molar-refractivity contribution in [3.8, 4) is 0 Å². The zero-order valence-electron chi connectivity index (χ0n) is 10.7. The smallest absolute Gasteiger partial charge is 0.332 e. The van der Waals surface area contributed by atoms with Gasteiger partial charge in [0.25, 0.3) is 0 Å². The summed E-state index contributed by atoms with van der Waals surface area (Å²) in [5.74, 6) is 1.38. The van der Waals surface area contributed by atoms with Gasteiger partial charge in [-0.3, -0.25) is 4.99 Å². The molecule has 1 aliphatic heterocycles. The molecule has 0 radical (unpaired) electrons. The maximum absolute atomic E-state index is 11.9. The number of carbonyl (C=O) groups excluding carboxylic acids is 1. The Bertz CT molecular complexity index is 482. The Morgan fingerprint density at radius 3 is 2.84 bits per heavy atom. The molecule has 0 amide bonds. The molecule has 1 atom stereocenters. The highest BCUT2D eigenvalue weighted by Crippen LogP contribution is 2.36. The van der Waals surface area contributed by atoms with Crippen LogP contribution in [0.2, 0.25) is 0 Å². The van der Waals surface area contributed by atoms with Crippen molar-refractivity contribution in [2.45, 2.75) is 31.9 Å². The van der Waals surface area contributed by atoms with E-state index in [0.717, 1.165) is 28.7 Å². The first-order valence-corrected chi connectivity index (χ1v) is 7.70. The first-order chi connectivity index (χ1) is 9.31. The quantitative estimate of drug-likeness (QED) is 0.775. The molecule has 0 N–H and O–H groups in total. The number of ether oxygens (including phenoxy) is 1. The normalized spacial score (nSPS) is 22.1. The minimum atomic E-state index is -0.289. The van der Waals surface area contributed by atoms with Crippen LogP contribution in [0.15, 0.2) is 35.3 Å². The third kappa shape index (κ3) is 3.60. The average molecular weight is 275 g/mol. The molecule has 1 fully saturated rings. The molecular weight excluding hydrogens is 258 g/mol. The van der Waals surface area contributed by atoms with Crippen molar-refractivity contribution >= 4 is 22.8 Å². The van der Waals surface area contributed by atoms with Crippen molar-refractivity contribution in [2.75, 3.05) is 5.75 Å². The number of carbonyl (C=O) groups is 1. The summed E-state index contributed by atoms with van der Waals surface area (Å²) >= 11 is 1.72. The Balaban J connectivity index is 1.49. The van der Waals surface area contributed by atoms with Crippen LogP contribution in [0.3, 0.4) is 0 Å². The number of nitrogens with zero attached hydrogens (tertiary/aromatic N) is 1. The van der Waals surface area contributed by atoms with E-state index in [2.05, 4.69) is 4.99 Å². The highest BCUT2D eigenvalue weighted by Gasteiger charge is 2.30. The van der Waals surface area contributed by atoms with E-state index in [4.69, 9.17) is 4.74 Å². The van der Waals surface area contributed by atoms with Gasteiger partial charge in [-0.25, -0.2) is 4.79 Å². The molecule has 3 nitrogen and oxygen atoms in total. The highest BCUT2D eigenvalue weighted by atomic mass is 32.2. The third-order valence-corrected chi connectivity index (χ3v) is 4.45. The Morgan fingerprint density at radius 2 is 2.11 bits per heavy atom. The molecular formula is C15H17NO2S. The molecule has 1 heterocycles. The van der Waals surface area contributed by atoms with E-state index in [1.807, 2.05) is 30.3 Å². The number of benzene rings is 1. The number of hydrogen-bond donors (Lipinski definition) is 0. The summed E-state index contributed by atoms with van der Waals surface area (Å²) in [4.78, 5) is 16.4. The van der Waals surface area contributed by atoms with Crippen LogP contribution >= 0.6 is 11.8 Å². The van der Waals surface area contributed by atoms with Gasteiger partial charge in [0, 0.05) is 5.75 Å². The molecule has 100 valence electrons. The largest absolute Gasteiger partial charge is 0.459 e. The van der Waals surface area contributed by atoms with Crippen LogP contribution in [0.4, 0.5) is 0 Å². The van der Waals surface area contributed by atoms with E-state index >= 15 is 0 Å². The second-order valence-electron chi connectivity index (χ2n) is 5.09. The molecule has 2 aliphatic rings. The number of aliphatic imine (C=N–C) groups is 1. The molecule has 3 rings (SSSR count). The minimum Gasteiger partial charge on any atom is -0.459 e.